The Hall–Kier alpha value is -3.18. The van der Waals surface area contributed by atoms with Crippen LogP contribution in [0.4, 0.5) is 0 Å². The van der Waals surface area contributed by atoms with Crippen LogP contribution in [0.1, 0.15) is 117 Å². The van der Waals surface area contributed by atoms with Crippen LogP contribution in [0.3, 0.4) is 0 Å². The van der Waals surface area contributed by atoms with Crippen molar-refractivity contribution < 1.29 is 23.8 Å². The van der Waals surface area contributed by atoms with E-state index >= 15 is 0 Å². The normalized spacial score (nSPS) is 18.1. The van der Waals surface area contributed by atoms with E-state index in [1.165, 1.54) is 50.5 Å². The summed E-state index contributed by atoms with van der Waals surface area (Å²) in [6.45, 7) is 10.8. The number of ether oxygens (including phenoxy) is 3. The highest BCUT2D eigenvalue weighted by Crippen LogP contribution is 2.39. The average molecular weight is 601 g/mol. The van der Waals surface area contributed by atoms with Gasteiger partial charge in [-0.2, -0.15) is 0 Å². The molecule has 0 aliphatic heterocycles. The van der Waals surface area contributed by atoms with Gasteiger partial charge in [0.15, 0.2) is 0 Å². The molecule has 238 valence electrons. The lowest BCUT2D eigenvalue weighted by molar-refractivity contribution is -0.139. The molecule has 0 heterocycles. The van der Waals surface area contributed by atoms with E-state index in [4.69, 9.17) is 14.2 Å². The van der Waals surface area contributed by atoms with Gasteiger partial charge in [0.1, 0.15) is 11.5 Å². The molecule has 5 nitrogen and oxygen atoms in total. The van der Waals surface area contributed by atoms with Gasteiger partial charge in [-0.1, -0.05) is 90.6 Å². The molecule has 5 heteroatoms. The van der Waals surface area contributed by atoms with Crippen LogP contribution in [0.5, 0.6) is 11.5 Å². The van der Waals surface area contributed by atoms with E-state index in [0.717, 1.165) is 41.3 Å². The summed E-state index contributed by atoms with van der Waals surface area (Å²) < 4.78 is 17.9. The first-order valence-corrected chi connectivity index (χ1v) is 17.1. The van der Waals surface area contributed by atoms with Crippen molar-refractivity contribution in [2.24, 2.45) is 11.8 Å². The zero-order valence-corrected chi connectivity index (χ0v) is 27.5. The van der Waals surface area contributed by atoms with Gasteiger partial charge in [0, 0.05) is 17.4 Å². The van der Waals surface area contributed by atoms with Crippen molar-refractivity contribution in [2.45, 2.75) is 117 Å². The van der Waals surface area contributed by atoms with E-state index < -0.39 is 0 Å². The molecule has 0 spiro atoms. The molecular weight excluding hydrogens is 548 g/mol. The van der Waals surface area contributed by atoms with Crippen LogP contribution < -0.4 is 9.47 Å². The van der Waals surface area contributed by atoms with Crippen molar-refractivity contribution in [1.82, 2.24) is 0 Å². The van der Waals surface area contributed by atoms with Crippen molar-refractivity contribution in [2.75, 3.05) is 6.61 Å². The molecule has 0 saturated heterocycles. The van der Waals surface area contributed by atoms with Gasteiger partial charge in [-0.3, -0.25) is 9.59 Å². The maximum atomic E-state index is 12.7. The molecule has 0 radical (unpaired) electrons. The predicted molar refractivity (Wildman–Crippen MR) is 179 cm³/mol. The van der Waals surface area contributed by atoms with Crippen LogP contribution in [-0.4, -0.2) is 24.6 Å². The van der Waals surface area contributed by atoms with E-state index in [1.54, 1.807) is 12.1 Å². The van der Waals surface area contributed by atoms with Crippen LogP contribution in [-0.2, 0) is 14.3 Å². The topological polar surface area (TPSA) is 61.8 Å². The summed E-state index contributed by atoms with van der Waals surface area (Å²) in [6.07, 6.45) is 12.8. The molecule has 1 aliphatic rings. The molecule has 2 unspecified atom stereocenters. The Balaban J connectivity index is 1.48. The van der Waals surface area contributed by atoms with Gasteiger partial charge in [0.25, 0.3) is 0 Å². The summed E-state index contributed by atoms with van der Waals surface area (Å²) in [5.41, 5.74) is 3.50. The lowest BCUT2D eigenvalue weighted by Gasteiger charge is -2.29. The summed E-state index contributed by atoms with van der Waals surface area (Å²) in [5.74, 6) is 0.591. The Morgan fingerprint density at radius 1 is 0.682 bits per heavy atom. The number of hydrogen-bond acceptors (Lipinski definition) is 5. The van der Waals surface area contributed by atoms with Crippen LogP contribution in [0, 0.1) is 11.8 Å². The highest BCUT2D eigenvalue weighted by atomic mass is 16.5. The molecule has 0 amide bonds. The lowest BCUT2D eigenvalue weighted by Crippen LogP contribution is -2.21. The molecule has 1 fully saturated rings. The van der Waals surface area contributed by atoms with Crippen molar-refractivity contribution in [3.8, 4) is 22.6 Å². The first-order valence-electron chi connectivity index (χ1n) is 17.1. The van der Waals surface area contributed by atoms with Crippen molar-refractivity contribution in [3.63, 3.8) is 0 Å². The maximum Gasteiger partial charge on any atom is 0.314 e. The molecular formula is C39H52O5. The average Bonchev–Trinajstić information content (AvgIpc) is 3.06. The summed E-state index contributed by atoms with van der Waals surface area (Å²) in [7, 11) is 0. The van der Waals surface area contributed by atoms with Gasteiger partial charge in [0.2, 0.25) is 0 Å². The van der Waals surface area contributed by atoms with Crippen LogP contribution >= 0.6 is 0 Å². The number of carbonyl (C=O) groups is 2. The number of carbonyl (C=O) groups excluding carboxylic acids is 2. The highest BCUT2D eigenvalue weighted by Gasteiger charge is 2.23. The maximum absolute atomic E-state index is 12.7. The zero-order chi connectivity index (χ0) is 31.5. The number of unbranched alkanes of at least 4 members (excludes halogenated alkanes) is 4. The summed E-state index contributed by atoms with van der Waals surface area (Å²) in [4.78, 5) is 25.3. The largest absolute Gasteiger partial charge is 0.426 e. The van der Waals surface area contributed by atoms with Crippen molar-refractivity contribution >= 4 is 22.7 Å². The minimum absolute atomic E-state index is 0.200. The second kappa shape index (κ2) is 16.8. The minimum Gasteiger partial charge on any atom is -0.426 e. The molecule has 1 saturated carbocycles. The Labute approximate surface area is 264 Å². The van der Waals surface area contributed by atoms with Gasteiger partial charge >= 0.3 is 11.9 Å². The minimum atomic E-state index is -0.264. The number of rotatable bonds is 15. The van der Waals surface area contributed by atoms with E-state index in [1.807, 2.05) is 45.9 Å². The SMILES string of the molecule is CCCCCCCOC1CCC(c2ccc(-c3ccc4c(OC(=O)C(C)CC)ccc(OC(=O)C(C)CC)c4c3)cc2)CC1. The van der Waals surface area contributed by atoms with E-state index in [9.17, 15) is 9.59 Å². The molecule has 2 atom stereocenters. The Bertz CT molecular complexity index is 1350. The van der Waals surface area contributed by atoms with Gasteiger partial charge in [-0.05, 0) is 91.8 Å². The second-order valence-corrected chi connectivity index (χ2v) is 12.7. The van der Waals surface area contributed by atoms with Gasteiger partial charge in [-0.15, -0.1) is 0 Å². The molecule has 3 aromatic rings. The molecule has 1 aliphatic carbocycles. The second-order valence-electron chi connectivity index (χ2n) is 12.7. The van der Waals surface area contributed by atoms with E-state index in [-0.39, 0.29) is 23.8 Å². The van der Waals surface area contributed by atoms with Crippen LogP contribution in [0.25, 0.3) is 21.9 Å². The first-order chi connectivity index (χ1) is 21.3. The fourth-order valence-electron chi connectivity index (χ4n) is 5.87. The number of benzene rings is 3. The third kappa shape index (κ3) is 8.94. The Kier molecular flexibility index (Phi) is 12.8. The Morgan fingerprint density at radius 3 is 1.84 bits per heavy atom. The molecule has 0 N–H and O–H groups in total. The lowest BCUT2D eigenvalue weighted by atomic mass is 9.82. The highest BCUT2D eigenvalue weighted by molar-refractivity contribution is 5.98. The smallest absolute Gasteiger partial charge is 0.314 e. The van der Waals surface area contributed by atoms with Crippen LogP contribution in [0.2, 0.25) is 0 Å². The van der Waals surface area contributed by atoms with Gasteiger partial charge < -0.3 is 14.2 Å². The molecule has 0 bridgehead atoms. The summed E-state index contributed by atoms with van der Waals surface area (Å²) in [5, 5.41) is 1.50. The monoisotopic (exact) mass is 600 g/mol. The standard InChI is InChI=1S/C39H52O5/c1-6-9-10-11-12-25-42-33-20-17-30(18-21-33)29-13-15-31(16-14-29)32-19-22-34-35(26-32)37(44-39(41)28(5)8-3)24-23-36(34)43-38(40)27(4)7-2/h13-16,19,22-24,26-28,30,33H,6-12,17-18,20-21,25H2,1-5H3. The first kappa shape index (κ1) is 33.7. The number of hydrogen-bond donors (Lipinski definition) is 0. The molecule has 0 aromatic heterocycles. The van der Waals surface area contributed by atoms with E-state index in [2.05, 4.69) is 31.2 Å². The van der Waals surface area contributed by atoms with Gasteiger partial charge in [-0.25, -0.2) is 0 Å². The molecule has 4 rings (SSSR count). The summed E-state index contributed by atoms with van der Waals surface area (Å²) >= 11 is 0. The van der Waals surface area contributed by atoms with Crippen molar-refractivity contribution in [1.29, 1.82) is 0 Å². The summed E-state index contributed by atoms with van der Waals surface area (Å²) in [6, 6.07) is 18.4. The van der Waals surface area contributed by atoms with Crippen LogP contribution in [0.15, 0.2) is 54.6 Å². The zero-order valence-electron chi connectivity index (χ0n) is 27.5. The number of esters is 2. The third-order valence-electron chi connectivity index (χ3n) is 9.38. The predicted octanol–water partition coefficient (Wildman–Crippen LogP) is 10.4. The third-order valence-corrected chi connectivity index (χ3v) is 9.38. The molecule has 3 aromatic carbocycles. The van der Waals surface area contributed by atoms with E-state index in [0.29, 0.717) is 36.4 Å². The molecule has 44 heavy (non-hydrogen) atoms. The fraction of sp³-hybridized carbons (Fsp3) is 0.538. The number of fused-ring (bicyclic) bond motifs is 1. The quantitative estimate of drug-likeness (QED) is 0.0986. The van der Waals surface area contributed by atoms with Gasteiger partial charge in [0.05, 0.1) is 17.9 Å². The fourth-order valence-corrected chi connectivity index (χ4v) is 5.87. The van der Waals surface area contributed by atoms with Crippen molar-refractivity contribution in [3.05, 3.63) is 60.2 Å². The Morgan fingerprint density at radius 2 is 1.25 bits per heavy atom.